The Bertz CT molecular complexity index is 1130. The number of para-hydroxylation sites is 3. The average Bonchev–Trinajstić information content (AvgIpc) is 2.82. The van der Waals surface area contributed by atoms with Gasteiger partial charge in [0.1, 0.15) is 11.5 Å². The van der Waals surface area contributed by atoms with Gasteiger partial charge in [0.25, 0.3) is 0 Å². The van der Waals surface area contributed by atoms with Gasteiger partial charge in [-0.05, 0) is 43.3 Å². The molecule has 0 heterocycles. The van der Waals surface area contributed by atoms with E-state index in [1.165, 1.54) is 6.21 Å². The zero-order valence-corrected chi connectivity index (χ0v) is 17.3. The van der Waals surface area contributed by atoms with Crippen molar-refractivity contribution in [1.82, 2.24) is 5.43 Å². The summed E-state index contributed by atoms with van der Waals surface area (Å²) in [6.45, 7) is 2.23. The van der Waals surface area contributed by atoms with Crippen molar-refractivity contribution in [3.05, 3.63) is 90.0 Å². The van der Waals surface area contributed by atoms with Crippen molar-refractivity contribution in [3.8, 4) is 11.5 Å². The Morgan fingerprint density at radius 1 is 0.844 bits per heavy atom. The van der Waals surface area contributed by atoms with Gasteiger partial charge in [0.05, 0.1) is 24.1 Å². The quantitative estimate of drug-likeness (QED) is 0.196. The molecule has 3 aromatic rings. The highest BCUT2D eigenvalue weighted by Crippen LogP contribution is 2.23. The molecule has 32 heavy (non-hydrogen) atoms. The van der Waals surface area contributed by atoms with Crippen LogP contribution < -0.4 is 20.2 Å². The molecule has 0 aliphatic heterocycles. The Hall–Kier alpha value is -4.46. The second kappa shape index (κ2) is 11.1. The number of hydrogen-bond donors (Lipinski definition) is 2. The molecule has 0 fully saturated rings. The number of ether oxygens (including phenoxy) is 2. The maximum Gasteiger partial charge on any atom is 0.343 e. The van der Waals surface area contributed by atoms with Crippen LogP contribution in [0.2, 0.25) is 0 Å². The van der Waals surface area contributed by atoms with Crippen molar-refractivity contribution < 1.29 is 23.9 Å². The minimum absolute atomic E-state index is 0.259. The van der Waals surface area contributed by atoms with E-state index in [0.29, 0.717) is 29.2 Å². The first-order valence-electron chi connectivity index (χ1n) is 9.81. The number of hydrogen-bond acceptors (Lipinski definition) is 6. The normalized spacial score (nSPS) is 10.4. The molecule has 2 amide bonds. The molecule has 0 saturated carbocycles. The summed E-state index contributed by atoms with van der Waals surface area (Å²) in [6, 6.07) is 22.0. The molecule has 0 radical (unpaired) electrons. The summed E-state index contributed by atoms with van der Waals surface area (Å²) in [5.41, 5.74) is 3.37. The summed E-state index contributed by atoms with van der Waals surface area (Å²) in [5.74, 6) is -1.68. The highest BCUT2D eigenvalue weighted by molar-refractivity contribution is 6.39. The van der Waals surface area contributed by atoms with Gasteiger partial charge in [0.15, 0.2) is 0 Å². The first-order valence-corrected chi connectivity index (χ1v) is 9.81. The number of nitrogens with zero attached hydrogens (tertiary/aromatic N) is 1. The van der Waals surface area contributed by atoms with Crippen LogP contribution in [0.1, 0.15) is 22.8 Å². The Labute approximate surface area is 184 Å². The van der Waals surface area contributed by atoms with Gasteiger partial charge in [-0.25, -0.2) is 10.2 Å². The molecule has 162 valence electrons. The summed E-state index contributed by atoms with van der Waals surface area (Å²) in [7, 11) is 0. The van der Waals surface area contributed by atoms with Crippen LogP contribution in [0.3, 0.4) is 0 Å². The second-order valence-electron chi connectivity index (χ2n) is 6.38. The second-order valence-corrected chi connectivity index (χ2v) is 6.38. The zero-order valence-electron chi connectivity index (χ0n) is 17.3. The summed E-state index contributed by atoms with van der Waals surface area (Å²) in [4.78, 5) is 36.5. The van der Waals surface area contributed by atoms with E-state index < -0.39 is 17.8 Å². The summed E-state index contributed by atoms with van der Waals surface area (Å²) in [5, 5.41) is 6.28. The molecule has 8 heteroatoms. The van der Waals surface area contributed by atoms with E-state index in [4.69, 9.17) is 9.47 Å². The standard InChI is InChI=1S/C24H21N3O5/c1-2-31-21-15-9-7-13-19(21)26-22(28)23(29)27-25-16-18-12-6-8-14-20(18)32-24(30)17-10-4-3-5-11-17/h3-16H,2H2,1H3,(H,26,28)(H,27,29)/b25-16+. The Morgan fingerprint density at radius 2 is 1.50 bits per heavy atom. The van der Waals surface area contributed by atoms with Gasteiger partial charge in [-0.1, -0.05) is 42.5 Å². The Morgan fingerprint density at radius 3 is 2.25 bits per heavy atom. The van der Waals surface area contributed by atoms with E-state index in [-0.39, 0.29) is 5.75 Å². The molecule has 0 atom stereocenters. The topological polar surface area (TPSA) is 106 Å². The molecule has 0 unspecified atom stereocenters. The van der Waals surface area contributed by atoms with E-state index in [1.807, 2.05) is 6.92 Å². The third-order valence-corrected chi connectivity index (χ3v) is 4.14. The number of nitrogens with one attached hydrogen (secondary N) is 2. The van der Waals surface area contributed by atoms with Gasteiger partial charge in [-0.3, -0.25) is 9.59 Å². The number of carbonyl (C=O) groups excluding carboxylic acids is 3. The van der Waals surface area contributed by atoms with Crippen molar-refractivity contribution >= 4 is 29.7 Å². The maximum absolute atomic E-state index is 12.3. The highest BCUT2D eigenvalue weighted by atomic mass is 16.5. The Balaban J connectivity index is 1.62. The fourth-order valence-electron chi connectivity index (χ4n) is 2.65. The molecule has 3 aromatic carbocycles. The summed E-state index contributed by atoms with van der Waals surface area (Å²) < 4.78 is 10.8. The van der Waals surface area contributed by atoms with E-state index in [2.05, 4.69) is 15.8 Å². The number of amides is 2. The van der Waals surface area contributed by atoms with Crippen molar-refractivity contribution in [3.63, 3.8) is 0 Å². The molecule has 2 N–H and O–H groups in total. The van der Waals surface area contributed by atoms with Gasteiger partial charge in [-0.15, -0.1) is 0 Å². The summed E-state index contributed by atoms with van der Waals surface area (Å²) in [6.07, 6.45) is 1.28. The lowest BCUT2D eigenvalue weighted by Crippen LogP contribution is -2.32. The monoisotopic (exact) mass is 431 g/mol. The summed E-state index contributed by atoms with van der Waals surface area (Å²) >= 11 is 0. The molecule has 0 saturated heterocycles. The molecular weight excluding hydrogens is 410 g/mol. The van der Waals surface area contributed by atoms with Crippen LogP contribution >= 0.6 is 0 Å². The molecule has 0 bridgehead atoms. The number of carbonyl (C=O) groups is 3. The van der Waals surface area contributed by atoms with Gasteiger partial charge in [0, 0.05) is 5.56 Å². The van der Waals surface area contributed by atoms with Gasteiger partial charge < -0.3 is 14.8 Å². The lowest BCUT2D eigenvalue weighted by atomic mass is 10.2. The predicted molar refractivity (Wildman–Crippen MR) is 120 cm³/mol. The molecule has 8 nitrogen and oxygen atoms in total. The molecule has 0 spiro atoms. The molecule has 0 aliphatic rings. The van der Waals surface area contributed by atoms with Crippen LogP contribution in [0.15, 0.2) is 84.0 Å². The minimum atomic E-state index is -0.966. The third kappa shape index (κ3) is 6.02. The van der Waals surface area contributed by atoms with Gasteiger partial charge in [-0.2, -0.15) is 5.10 Å². The average molecular weight is 431 g/mol. The minimum Gasteiger partial charge on any atom is -0.492 e. The number of esters is 1. The zero-order chi connectivity index (χ0) is 22.8. The molecule has 3 rings (SSSR count). The fraction of sp³-hybridized carbons (Fsp3) is 0.0833. The smallest absolute Gasteiger partial charge is 0.343 e. The third-order valence-electron chi connectivity index (χ3n) is 4.14. The molecular formula is C24H21N3O5. The first-order chi connectivity index (χ1) is 15.6. The number of benzene rings is 3. The fourth-order valence-corrected chi connectivity index (χ4v) is 2.65. The maximum atomic E-state index is 12.3. The lowest BCUT2D eigenvalue weighted by molar-refractivity contribution is -0.136. The highest BCUT2D eigenvalue weighted by Gasteiger charge is 2.15. The van der Waals surface area contributed by atoms with Crippen molar-refractivity contribution in [2.24, 2.45) is 5.10 Å². The van der Waals surface area contributed by atoms with E-state index in [0.717, 1.165) is 0 Å². The molecule has 0 aliphatic carbocycles. The molecule has 0 aromatic heterocycles. The van der Waals surface area contributed by atoms with Crippen LogP contribution in [0.5, 0.6) is 11.5 Å². The van der Waals surface area contributed by atoms with Crippen LogP contribution in [-0.4, -0.2) is 30.6 Å². The van der Waals surface area contributed by atoms with Gasteiger partial charge in [0.2, 0.25) is 0 Å². The number of anilines is 1. The lowest BCUT2D eigenvalue weighted by Gasteiger charge is -2.10. The van der Waals surface area contributed by atoms with E-state index in [9.17, 15) is 14.4 Å². The van der Waals surface area contributed by atoms with Gasteiger partial charge >= 0.3 is 17.8 Å². The number of hydrazone groups is 1. The van der Waals surface area contributed by atoms with E-state index >= 15 is 0 Å². The Kier molecular flexibility index (Phi) is 7.69. The van der Waals surface area contributed by atoms with E-state index in [1.54, 1.807) is 78.9 Å². The van der Waals surface area contributed by atoms with Crippen molar-refractivity contribution in [2.45, 2.75) is 6.92 Å². The van der Waals surface area contributed by atoms with Crippen molar-refractivity contribution in [1.29, 1.82) is 0 Å². The van der Waals surface area contributed by atoms with Crippen LogP contribution in [0.25, 0.3) is 0 Å². The predicted octanol–water partition coefficient (Wildman–Crippen LogP) is 3.39. The van der Waals surface area contributed by atoms with Crippen LogP contribution in [0, 0.1) is 0 Å². The van der Waals surface area contributed by atoms with Crippen LogP contribution in [0.4, 0.5) is 5.69 Å². The van der Waals surface area contributed by atoms with Crippen molar-refractivity contribution in [2.75, 3.05) is 11.9 Å². The first kappa shape index (κ1) is 22.2. The number of rotatable bonds is 7. The largest absolute Gasteiger partial charge is 0.492 e. The van der Waals surface area contributed by atoms with Crippen LogP contribution in [-0.2, 0) is 9.59 Å². The SMILES string of the molecule is CCOc1ccccc1NC(=O)C(=O)N/N=C/c1ccccc1OC(=O)c1ccccc1.